The van der Waals surface area contributed by atoms with Crippen molar-refractivity contribution < 1.29 is 0 Å². The van der Waals surface area contributed by atoms with Gasteiger partial charge in [-0.25, -0.2) is 4.98 Å². The Balaban J connectivity index is 1.84. The van der Waals surface area contributed by atoms with Crippen LogP contribution >= 0.6 is 11.8 Å². The van der Waals surface area contributed by atoms with Crippen molar-refractivity contribution >= 4 is 17.6 Å². The summed E-state index contributed by atoms with van der Waals surface area (Å²) >= 11 is 1.87. The van der Waals surface area contributed by atoms with Gasteiger partial charge in [0.25, 0.3) is 0 Å². The number of aryl methyl sites for hydroxylation is 1. The van der Waals surface area contributed by atoms with Crippen LogP contribution in [0.25, 0.3) is 0 Å². The molecule has 100 valence electrons. The first-order valence-corrected chi connectivity index (χ1v) is 7.62. The van der Waals surface area contributed by atoms with Gasteiger partial charge in [-0.1, -0.05) is 24.3 Å². The summed E-state index contributed by atoms with van der Waals surface area (Å²) in [7, 11) is 0. The van der Waals surface area contributed by atoms with Gasteiger partial charge in [-0.2, -0.15) is 11.8 Å². The molecule has 0 aliphatic rings. The highest BCUT2D eigenvalue weighted by molar-refractivity contribution is 7.97. The highest BCUT2D eigenvalue weighted by atomic mass is 32.2. The van der Waals surface area contributed by atoms with Gasteiger partial charge in [0.15, 0.2) is 0 Å². The summed E-state index contributed by atoms with van der Waals surface area (Å²) in [6.45, 7) is 5.07. The Morgan fingerprint density at radius 2 is 1.95 bits per heavy atom. The van der Waals surface area contributed by atoms with E-state index in [-0.39, 0.29) is 0 Å². The van der Waals surface area contributed by atoms with Crippen molar-refractivity contribution in [2.75, 3.05) is 11.9 Å². The van der Waals surface area contributed by atoms with E-state index >= 15 is 0 Å². The lowest BCUT2D eigenvalue weighted by Crippen LogP contribution is -2.00. The number of aromatic nitrogens is 2. The molecule has 2 rings (SSSR count). The molecule has 0 aliphatic heterocycles. The fraction of sp³-hybridized carbons (Fsp3) is 0.333. The molecular weight excluding hydrogens is 254 g/mol. The lowest BCUT2D eigenvalue weighted by molar-refractivity contribution is 1.07. The molecule has 0 saturated heterocycles. The van der Waals surface area contributed by atoms with E-state index in [4.69, 9.17) is 0 Å². The quantitative estimate of drug-likeness (QED) is 0.872. The van der Waals surface area contributed by atoms with Crippen molar-refractivity contribution in [2.24, 2.45) is 0 Å². The minimum Gasteiger partial charge on any atom is -0.369 e. The molecule has 0 radical (unpaired) electrons. The lowest BCUT2D eigenvalue weighted by atomic mass is 10.1. The van der Waals surface area contributed by atoms with Crippen LogP contribution in [-0.2, 0) is 11.5 Å². The Hall–Kier alpha value is -1.55. The van der Waals surface area contributed by atoms with Gasteiger partial charge in [0.1, 0.15) is 5.82 Å². The van der Waals surface area contributed by atoms with Crippen molar-refractivity contribution in [2.45, 2.75) is 25.4 Å². The van der Waals surface area contributed by atoms with Crippen LogP contribution < -0.4 is 5.32 Å². The highest BCUT2D eigenvalue weighted by Gasteiger charge is 2.00. The molecule has 3 nitrogen and oxygen atoms in total. The Kier molecular flexibility index (Phi) is 5.21. The van der Waals surface area contributed by atoms with Crippen LogP contribution in [-0.4, -0.2) is 16.5 Å². The van der Waals surface area contributed by atoms with Gasteiger partial charge in [-0.05, 0) is 25.0 Å². The molecule has 1 aromatic heterocycles. The normalized spacial score (nSPS) is 10.4. The predicted octanol–water partition coefficient (Wildman–Crippen LogP) is 3.65. The number of nitrogens with one attached hydrogen (secondary N) is 1. The molecule has 1 N–H and O–H groups in total. The summed E-state index contributed by atoms with van der Waals surface area (Å²) in [4.78, 5) is 8.73. The maximum Gasteiger partial charge on any atom is 0.144 e. The summed E-state index contributed by atoms with van der Waals surface area (Å²) in [6.07, 6.45) is 3.65. The van der Waals surface area contributed by atoms with Crippen LogP contribution in [0.3, 0.4) is 0 Å². The van der Waals surface area contributed by atoms with E-state index in [9.17, 15) is 0 Å². The molecule has 19 heavy (non-hydrogen) atoms. The van der Waals surface area contributed by atoms with Crippen LogP contribution in [0.15, 0.2) is 36.7 Å². The third kappa shape index (κ3) is 4.24. The first-order chi connectivity index (χ1) is 9.29. The van der Waals surface area contributed by atoms with Crippen molar-refractivity contribution in [1.82, 2.24) is 9.97 Å². The van der Waals surface area contributed by atoms with E-state index in [0.29, 0.717) is 0 Å². The standard InChI is InChI=1S/C15H19N3S/c1-3-16-15-9-17-14(8-18-15)11-19-10-13-7-5-4-6-12(13)2/h4-9H,3,10-11H2,1-2H3,(H,16,18). The van der Waals surface area contributed by atoms with Gasteiger partial charge in [0, 0.05) is 18.1 Å². The van der Waals surface area contributed by atoms with Crippen LogP contribution in [0.5, 0.6) is 0 Å². The summed E-state index contributed by atoms with van der Waals surface area (Å²) in [5, 5.41) is 3.14. The zero-order valence-electron chi connectivity index (χ0n) is 11.4. The average molecular weight is 273 g/mol. The van der Waals surface area contributed by atoms with Crippen LogP contribution in [0.4, 0.5) is 5.82 Å². The van der Waals surface area contributed by atoms with E-state index in [1.807, 2.05) is 24.9 Å². The predicted molar refractivity (Wildman–Crippen MR) is 82.4 cm³/mol. The van der Waals surface area contributed by atoms with Gasteiger partial charge in [0.2, 0.25) is 0 Å². The molecule has 0 saturated carbocycles. The molecule has 4 heteroatoms. The number of thioether (sulfide) groups is 1. The van der Waals surface area contributed by atoms with E-state index in [1.54, 1.807) is 6.20 Å². The van der Waals surface area contributed by atoms with Gasteiger partial charge in [-0.3, -0.25) is 4.98 Å². The van der Waals surface area contributed by atoms with Gasteiger partial charge < -0.3 is 5.32 Å². The van der Waals surface area contributed by atoms with E-state index in [1.165, 1.54) is 11.1 Å². The highest BCUT2D eigenvalue weighted by Crippen LogP contribution is 2.19. The Labute approximate surface area is 118 Å². The summed E-state index contributed by atoms with van der Waals surface area (Å²) in [6, 6.07) is 8.51. The van der Waals surface area contributed by atoms with Gasteiger partial charge >= 0.3 is 0 Å². The molecule has 0 amide bonds. The molecule has 0 bridgehead atoms. The Morgan fingerprint density at radius 3 is 2.63 bits per heavy atom. The van der Waals surface area contributed by atoms with Crippen molar-refractivity contribution in [3.8, 4) is 0 Å². The second-order valence-corrected chi connectivity index (χ2v) is 5.33. The van der Waals surface area contributed by atoms with E-state index < -0.39 is 0 Å². The SMILES string of the molecule is CCNc1cnc(CSCc2ccccc2C)cn1. The monoisotopic (exact) mass is 273 g/mol. The molecule has 2 aromatic rings. The van der Waals surface area contributed by atoms with E-state index in [0.717, 1.165) is 29.6 Å². The molecule has 0 unspecified atom stereocenters. The first-order valence-electron chi connectivity index (χ1n) is 6.46. The van der Waals surface area contributed by atoms with Crippen molar-refractivity contribution in [1.29, 1.82) is 0 Å². The molecule has 1 aromatic carbocycles. The largest absolute Gasteiger partial charge is 0.369 e. The molecule has 0 aliphatic carbocycles. The third-order valence-corrected chi connectivity index (χ3v) is 3.85. The number of benzene rings is 1. The van der Waals surface area contributed by atoms with Crippen LogP contribution in [0, 0.1) is 6.92 Å². The number of nitrogens with zero attached hydrogens (tertiary/aromatic N) is 2. The summed E-state index contributed by atoms with van der Waals surface area (Å²) in [5.74, 6) is 2.76. The molecule has 0 fully saturated rings. The number of rotatable bonds is 6. The first kappa shape index (κ1) is 13.9. The number of anilines is 1. The molecule has 1 heterocycles. The van der Waals surface area contributed by atoms with Gasteiger partial charge in [0.05, 0.1) is 18.1 Å². The number of hydrogen-bond acceptors (Lipinski definition) is 4. The van der Waals surface area contributed by atoms with Crippen LogP contribution in [0.1, 0.15) is 23.7 Å². The molecular formula is C15H19N3S. The summed E-state index contributed by atoms with van der Waals surface area (Å²) in [5.41, 5.74) is 3.77. The lowest BCUT2D eigenvalue weighted by Gasteiger charge is -2.06. The number of hydrogen-bond donors (Lipinski definition) is 1. The fourth-order valence-corrected chi connectivity index (χ4v) is 2.74. The Morgan fingerprint density at radius 1 is 1.11 bits per heavy atom. The smallest absolute Gasteiger partial charge is 0.144 e. The third-order valence-electron chi connectivity index (χ3n) is 2.83. The van der Waals surface area contributed by atoms with E-state index in [2.05, 4.69) is 46.5 Å². The van der Waals surface area contributed by atoms with Gasteiger partial charge in [-0.15, -0.1) is 0 Å². The van der Waals surface area contributed by atoms with Crippen molar-refractivity contribution in [3.63, 3.8) is 0 Å². The molecule has 0 atom stereocenters. The minimum absolute atomic E-state index is 0.843. The molecule has 0 spiro atoms. The fourth-order valence-electron chi connectivity index (χ4n) is 1.74. The summed E-state index contributed by atoms with van der Waals surface area (Å²) < 4.78 is 0. The maximum absolute atomic E-state index is 4.41. The zero-order chi connectivity index (χ0) is 13.5. The topological polar surface area (TPSA) is 37.8 Å². The minimum atomic E-state index is 0.843. The Bertz CT molecular complexity index is 511. The second kappa shape index (κ2) is 7.14. The van der Waals surface area contributed by atoms with Crippen molar-refractivity contribution in [3.05, 3.63) is 53.5 Å². The van der Waals surface area contributed by atoms with Crippen LogP contribution in [0.2, 0.25) is 0 Å². The second-order valence-electron chi connectivity index (χ2n) is 4.34. The zero-order valence-corrected chi connectivity index (χ0v) is 12.2. The average Bonchev–Trinajstić information content (AvgIpc) is 2.43. The maximum atomic E-state index is 4.41.